The van der Waals surface area contributed by atoms with E-state index in [4.69, 9.17) is 0 Å². The standard InChI is InChI=1S/C21H31FN2O/c22-19-10-8-18(9-11-19)5-4-13-23-14-15-24(21(17-23)12-16-25)20-6-2-1-3-7-20/h4-5,8-11,20-21,25H,1-3,6-7,12-17H2/b5-4+/t21-/m0/s1. The van der Waals surface area contributed by atoms with Crippen LogP contribution in [-0.2, 0) is 0 Å². The van der Waals surface area contributed by atoms with Crippen molar-refractivity contribution in [3.63, 3.8) is 0 Å². The number of piperazine rings is 1. The molecule has 0 unspecified atom stereocenters. The van der Waals surface area contributed by atoms with Crippen LogP contribution >= 0.6 is 0 Å². The lowest BCUT2D eigenvalue weighted by Gasteiger charge is -2.46. The van der Waals surface area contributed by atoms with Crippen molar-refractivity contribution in [1.82, 2.24) is 9.80 Å². The first-order chi connectivity index (χ1) is 12.3. The predicted octanol–water partition coefficient (Wildman–Crippen LogP) is 3.54. The molecule has 3 nitrogen and oxygen atoms in total. The van der Waals surface area contributed by atoms with Gasteiger partial charge in [0.15, 0.2) is 0 Å². The summed E-state index contributed by atoms with van der Waals surface area (Å²) in [6.45, 7) is 4.42. The number of halogens is 1. The summed E-state index contributed by atoms with van der Waals surface area (Å²) in [5.74, 6) is -0.192. The summed E-state index contributed by atoms with van der Waals surface area (Å²) in [7, 11) is 0. The van der Waals surface area contributed by atoms with Gasteiger partial charge in [0.05, 0.1) is 0 Å². The molecule has 138 valence electrons. The van der Waals surface area contributed by atoms with Gasteiger partial charge in [-0.15, -0.1) is 0 Å². The number of rotatable bonds is 6. The van der Waals surface area contributed by atoms with E-state index in [1.165, 1.54) is 44.2 Å². The molecule has 0 radical (unpaired) electrons. The van der Waals surface area contributed by atoms with Crippen LogP contribution in [0, 0.1) is 5.82 Å². The number of hydrogen-bond acceptors (Lipinski definition) is 3. The Kier molecular flexibility index (Phi) is 7.02. The van der Waals surface area contributed by atoms with Crippen LogP contribution in [-0.4, -0.2) is 59.8 Å². The van der Waals surface area contributed by atoms with E-state index in [0.29, 0.717) is 6.04 Å². The Balaban J connectivity index is 1.53. The highest BCUT2D eigenvalue weighted by Gasteiger charge is 2.31. The lowest BCUT2D eigenvalue weighted by molar-refractivity contribution is 0.0206. The molecule has 4 heteroatoms. The van der Waals surface area contributed by atoms with Gasteiger partial charge in [0, 0.05) is 44.9 Å². The molecule has 2 aliphatic rings. The van der Waals surface area contributed by atoms with E-state index in [1.807, 2.05) is 0 Å². The highest BCUT2D eigenvalue weighted by atomic mass is 19.1. The van der Waals surface area contributed by atoms with Crippen molar-refractivity contribution in [3.05, 3.63) is 41.7 Å². The zero-order valence-electron chi connectivity index (χ0n) is 15.1. The zero-order valence-corrected chi connectivity index (χ0v) is 15.1. The minimum atomic E-state index is -0.192. The van der Waals surface area contributed by atoms with Crippen LogP contribution in [0.2, 0.25) is 0 Å². The summed E-state index contributed by atoms with van der Waals surface area (Å²) in [6, 6.07) is 7.81. The third-order valence-corrected chi connectivity index (χ3v) is 5.66. The predicted molar refractivity (Wildman–Crippen MR) is 101 cm³/mol. The van der Waals surface area contributed by atoms with Crippen molar-refractivity contribution < 1.29 is 9.50 Å². The minimum Gasteiger partial charge on any atom is -0.396 e. The monoisotopic (exact) mass is 346 g/mol. The van der Waals surface area contributed by atoms with Gasteiger partial charge in [-0.3, -0.25) is 9.80 Å². The third kappa shape index (κ3) is 5.37. The van der Waals surface area contributed by atoms with Crippen LogP contribution in [0.1, 0.15) is 44.1 Å². The van der Waals surface area contributed by atoms with Gasteiger partial charge in [0.2, 0.25) is 0 Å². The third-order valence-electron chi connectivity index (χ3n) is 5.66. The number of benzene rings is 1. The number of nitrogens with zero attached hydrogens (tertiary/aromatic N) is 2. The van der Waals surface area contributed by atoms with Crippen molar-refractivity contribution in [1.29, 1.82) is 0 Å². The highest BCUT2D eigenvalue weighted by molar-refractivity contribution is 5.48. The molecule has 0 amide bonds. The Morgan fingerprint density at radius 1 is 1.08 bits per heavy atom. The van der Waals surface area contributed by atoms with Gasteiger partial charge >= 0.3 is 0 Å². The van der Waals surface area contributed by atoms with Crippen LogP contribution < -0.4 is 0 Å². The maximum atomic E-state index is 12.9. The minimum absolute atomic E-state index is 0.192. The van der Waals surface area contributed by atoms with Crippen LogP contribution in [0.5, 0.6) is 0 Å². The fourth-order valence-electron chi connectivity index (χ4n) is 4.31. The molecule has 1 aliphatic carbocycles. The molecule has 2 fully saturated rings. The normalized spacial score (nSPS) is 24.2. The smallest absolute Gasteiger partial charge is 0.123 e. The van der Waals surface area contributed by atoms with E-state index >= 15 is 0 Å². The first kappa shape index (κ1) is 18.6. The van der Waals surface area contributed by atoms with E-state index in [-0.39, 0.29) is 12.4 Å². The fourth-order valence-corrected chi connectivity index (χ4v) is 4.31. The number of aliphatic hydroxyl groups excluding tert-OH is 1. The molecule has 1 saturated carbocycles. The average molecular weight is 346 g/mol. The Hall–Kier alpha value is -1.23. The summed E-state index contributed by atoms with van der Waals surface area (Å²) >= 11 is 0. The Morgan fingerprint density at radius 3 is 2.56 bits per heavy atom. The zero-order chi connectivity index (χ0) is 17.5. The molecule has 3 rings (SSSR count). The van der Waals surface area contributed by atoms with Gasteiger partial charge in [-0.25, -0.2) is 4.39 Å². The molecular formula is C21H31FN2O. The van der Waals surface area contributed by atoms with E-state index < -0.39 is 0 Å². The Labute approximate surface area is 151 Å². The molecule has 1 saturated heterocycles. The molecule has 1 aromatic carbocycles. The van der Waals surface area contributed by atoms with Crippen LogP contribution in [0.3, 0.4) is 0 Å². The van der Waals surface area contributed by atoms with E-state index in [0.717, 1.165) is 44.2 Å². The summed E-state index contributed by atoms with van der Waals surface area (Å²) in [4.78, 5) is 5.15. The lowest BCUT2D eigenvalue weighted by Crippen LogP contribution is -2.57. The van der Waals surface area contributed by atoms with Gasteiger partial charge in [-0.05, 0) is 37.0 Å². The average Bonchev–Trinajstić information content (AvgIpc) is 2.65. The van der Waals surface area contributed by atoms with Crippen molar-refractivity contribution in [2.45, 2.75) is 50.6 Å². The number of aliphatic hydroxyl groups is 1. The fraction of sp³-hybridized carbons (Fsp3) is 0.619. The largest absolute Gasteiger partial charge is 0.396 e. The maximum absolute atomic E-state index is 12.9. The molecule has 1 N–H and O–H groups in total. The van der Waals surface area contributed by atoms with Gasteiger partial charge in [0.25, 0.3) is 0 Å². The van der Waals surface area contributed by atoms with E-state index in [9.17, 15) is 9.50 Å². The Morgan fingerprint density at radius 2 is 1.84 bits per heavy atom. The quantitative estimate of drug-likeness (QED) is 0.853. The first-order valence-corrected chi connectivity index (χ1v) is 9.77. The molecule has 0 spiro atoms. The number of hydrogen-bond donors (Lipinski definition) is 1. The molecular weight excluding hydrogens is 315 g/mol. The Bertz CT molecular complexity index is 539. The summed E-state index contributed by atoms with van der Waals surface area (Å²) in [5, 5.41) is 9.48. The van der Waals surface area contributed by atoms with Crippen molar-refractivity contribution in [3.8, 4) is 0 Å². The maximum Gasteiger partial charge on any atom is 0.123 e. The SMILES string of the molecule is OCC[C@H]1CN(C/C=C/c2ccc(F)cc2)CCN1C1CCCCC1. The van der Waals surface area contributed by atoms with E-state index in [1.54, 1.807) is 12.1 Å². The molecule has 25 heavy (non-hydrogen) atoms. The van der Waals surface area contributed by atoms with Gasteiger partial charge in [0.1, 0.15) is 5.82 Å². The van der Waals surface area contributed by atoms with E-state index in [2.05, 4.69) is 22.0 Å². The first-order valence-electron chi connectivity index (χ1n) is 9.77. The topological polar surface area (TPSA) is 26.7 Å². The molecule has 0 bridgehead atoms. The molecule has 0 aromatic heterocycles. The molecule has 1 atom stereocenters. The molecule has 1 aliphatic heterocycles. The summed E-state index contributed by atoms with van der Waals surface area (Å²) in [5.41, 5.74) is 1.04. The van der Waals surface area contributed by atoms with Crippen molar-refractivity contribution in [2.75, 3.05) is 32.8 Å². The van der Waals surface area contributed by atoms with Gasteiger partial charge < -0.3 is 5.11 Å². The second-order valence-corrected chi connectivity index (χ2v) is 7.41. The molecule has 1 aromatic rings. The van der Waals surface area contributed by atoms with Crippen LogP contribution in [0.4, 0.5) is 4.39 Å². The summed E-state index contributed by atoms with van der Waals surface area (Å²) < 4.78 is 12.9. The lowest BCUT2D eigenvalue weighted by atomic mass is 9.92. The van der Waals surface area contributed by atoms with Crippen LogP contribution in [0.25, 0.3) is 6.08 Å². The second kappa shape index (κ2) is 9.46. The van der Waals surface area contributed by atoms with Gasteiger partial charge in [-0.1, -0.05) is 43.5 Å². The van der Waals surface area contributed by atoms with Gasteiger partial charge in [-0.2, -0.15) is 0 Å². The van der Waals surface area contributed by atoms with Crippen LogP contribution in [0.15, 0.2) is 30.3 Å². The van der Waals surface area contributed by atoms with Crippen molar-refractivity contribution in [2.24, 2.45) is 0 Å². The second-order valence-electron chi connectivity index (χ2n) is 7.41. The molecule has 1 heterocycles. The summed E-state index contributed by atoms with van der Waals surface area (Å²) in [6.07, 6.45) is 11.9. The highest BCUT2D eigenvalue weighted by Crippen LogP contribution is 2.27. The van der Waals surface area contributed by atoms with Crippen molar-refractivity contribution >= 4 is 6.08 Å².